The second-order valence-corrected chi connectivity index (χ2v) is 3.79. The van der Waals surface area contributed by atoms with Gasteiger partial charge in [0.2, 0.25) is 0 Å². The molecule has 0 aliphatic heterocycles. The van der Waals surface area contributed by atoms with E-state index in [1.807, 2.05) is 12.1 Å². The van der Waals surface area contributed by atoms with Gasteiger partial charge in [-0.05, 0) is 24.3 Å². The minimum Gasteiger partial charge on any atom is -0.396 e. The highest BCUT2D eigenvalue weighted by Crippen LogP contribution is 2.11. The van der Waals surface area contributed by atoms with Gasteiger partial charge in [-0.2, -0.15) is 11.8 Å². The third-order valence-corrected chi connectivity index (χ3v) is 2.60. The molecule has 0 atom stereocenters. The lowest BCUT2D eigenvalue weighted by molar-refractivity contribution is 0.296. The molecule has 3 nitrogen and oxygen atoms in total. The number of nitrogens with two attached hydrogens (primary N) is 1. The third-order valence-electron chi connectivity index (χ3n) is 1.53. The second-order valence-electron chi connectivity index (χ2n) is 2.68. The standard InChI is InChI=1S/C9H14N2OS/c10-9-4-1-3-8(11-9)7-13-6-2-5-12/h1,3-4,12H,2,5-7H2,(H2,10,11). The highest BCUT2D eigenvalue weighted by atomic mass is 32.2. The Kier molecular flexibility index (Phi) is 4.64. The first-order valence-electron chi connectivity index (χ1n) is 4.23. The van der Waals surface area contributed by atoms with Gasteiger partial charge in [0.05, 0.1) is 5.69 Å². The molecule has 1 aromatic heterocycles. The number of pyridine rings is 1. The number of anilines is 1. The zero-order valence-corrected chi connectivity index (χ0v) is 8.26. The fraction of sp³-hybridized carbons (Fsp3) is 0.444. The van der Waals surface area contributed by atoms with Crippen molar-refractivity contribution in [2.45, 2.75) is 12.2 Å². The topological polar surface area (TPSA) is 59.1 Å². The molecule has 0 spiro atoms. The summed E-state index contributed by atoms with van der Waals surface area (Å²) in [5.41, 5.74) is 6.53. The average molecular weight is 198 g/mol. The van der Waals surface area contributed by atoms with Crippen molar-refractivity contribution in [3.63, 3.8) is 0 Å². The Morgan fingerprint density at radius 3 is 3.00 bits per heavy atom. The molecular weight excluding hydrogens is 184 g/mol. The fourth-order valence-corrected chi connectivity index (χ4v) is 1.77. The van der Waals surface area contributed by atoms with Gasteiger partial charge in [0.25, 0.3) is 0 Å². The lowest BCUT2D eigenvalue weighted by Gasteiger charge is -2.00. The maximum Gasteiger partial charge on any atom is 0.123 e. The fourth-order valence-electron chi connectivity index (χ4n) is 0.922. The summed E-state index contributed by atoms with van der Waals surface area (Å²) in [6.45, 7) is 0.261. The largest absolute Gasteiger partial charge is 0.396 e. The van der Waals surface area contributed by atoms with E-state index in [1.165, 1.54) is 0 Å². The van der Waals surface area contributed by atoms with E-state index in [4.69, 9.17) is 10.8 Å². The van der Waals surface area contributed by atoms with Gasteiger partial charge in [-0.3, -0.25) is 0 Å². The molecule has 1 rings (SSSR count). The van der Waals surface area contributed by atoms with Gasteiger partial charge in [0, 0.05) is 12.4 Å². The predicted molar refractivity (Wildman–Crippen MR) is 56.5 cm³/mol. The van der Waals surface area contributed by atoms with E-state index in [0.29, 0.717) is 5.82 Å². The van der Waals surface area contributed by atoms with Crippen LogP contribution in [0.15, 0.2) is 18.2 Å². The minimum atomic E-state index is 0.261. The van der Waals surface area contributed by atoms with Gasteiger partial charge in [-0.25, -0.2) is 4.98 Å². The molecule has 0 aromatic carbocycles. The highest BCUT2D eigenvalue weighted by molar-refractivity contribution is 7.98. The summed E-state index contributed by atoms with van der Waals surface area (Å²) in [7, 11) is 0. The van der Waals surface area contributed by atoms with Crippen molar-refractivity contribution in [3.05, 3.63) is 23.9 Å². The number of thioether (sulfide) groups is 1. The van der Waals surface area contributed by atoms with Crippen molar-refractivity contribution >= 4 is 17.6 Å². The molecule has 0 saturated heterocycles. The number of aromatic nitrogens is 1. The van der Waals surface area contributed by atoms with Crippen molar-refractivity contribution in [2.75, 3.05) is 18.1 Å². The molecule has 1 aromatic rings. The molecule has 0 radical (unpaired) electrons. The van der Waals surface area contributed by atoms with Crippen LogP contribution < -0.4 is 5.73 Å². The van der Waals surface area contributed by atoms with Crippen molar-refractivity contribution in [1.82, 2.24) is 4.98 Å². The van der Waals surface area contributed by atoms with Crippen LogP contribution in [0.5, 0.6) is 0 Å². The molecule has 0 aliphatic rings. The van der Waals surface area contributed by atoms with Crippen LogP contribution in [-0.2, 0) is 5.75 Å². The summed E-state index contributed by atoms with van der Waals surface area (Å²) in [5.74, 6) is 2.40. The molecule has 0 saturated carbocycles. The average Bonchev–Trinajstić information content (AvgIpc) is 2.13. The Morgan fingerprint density at radius 1 is 1.46 bits per heavy atom. The summed E-state index contributed by atoms with van der Waals surface area (Å²) < 4.78 is 0. The minimum absolute atomic E-state index is 0.261. The Hall–Kier alpha value is -0.740. The molecule has 72 valence electrons. The number of hydrogen-bond donors (Lipinski definition) is 2. The lowest BCUT2D eigenvalue weighted by atomic mass is 10.4. The van der Waals surface area contributed by atoms with E-state index in [2.05, 4.69) is 4.98 Å². The molecule has 0 aliphatic carbocycles. The molecule has 0 bridgehead atoms. The molecule has 4 heteroatoms. The van der Waals surface area contributed by atoms with E-state index in [9.17, 15) is 0 Å². The maximum absolute atomic E-state index is 8.56. The summed E-state index contributed by atoms with van der Waals surface area (Å²) in [5, 5.41) is 8.56. The highest BCUT2D eigenvalue weighted by Gasteiger charge is 1.95. The maximum atomic E-state index is 8.56. The number of aliphatic hydroxyl groups is 1. The lowest BCUT2D eigenvalue weighted by Crippen LogP contribution is -1.94. The first-order valence-corrected chi connectivity index (χ1v) is 5.38. The molecular formula is C9H14N2OS. The van der Waals surface area contributed by atoms with Gasteiger partial charge in [0.1, 0.15) is 5.82 Å². The van der Waals surface area contributed by atoms with Gasteiger partial charge in [-0.1, -0.05) is 6.07 Å². The molecule has 0 fully saturated rings. The molecule has 13 heavy (non-hydrogen) atoms. The van der Waals surface area contributed by atoms with E-state index in [-0.39, 0.29) is 6.61 Å². The van der Waals surface area contributed by atoms with E-state index in [0.717, 1.165) is 23.6 Å². The Bertz CT molecular complexity index is 255. The summed E-state index contributed by atoms with van der Waals surface area (Å²) >= 11 is 1.76. The molecule has 3 N–H and O–H groups in total. The number of nitrogen functional groups attached to an aromatic ring is 1. The molecule has 0 amide bonds. The quantitative estimate of drug-likeness (QED) is 0.700. The zero-order chi connectivity index (χ0) is 9.52. The van der Waals surface area contributed by atoms with E-state index < -0.39 is 0 Å². The number of rotatable bonds is 5. The first-order chi connectivity index (χ1) is 6.33. The summed E-state index contributed by atoms with van der Waals surface area (Å²) in [6, 6.07) is 5.65. The van der Waals surface area contributed by atoms with Crippen LogP contribution in [0.1, 0.15) is 12.1 Å². The van der Waals surface area contributed by atoms with Crippen molar-refractivity contribution in [3.8, 4) is 0 Å². The normalized spacial score (nSPS) is 10.2. The number of nitrogens with zero attached hydrogens (tertiary/aromatic N) is 1. The Balaban J connectivity index is 2.28. The van der Waals surface area contributed by atoms with Crippen LogP contribution >= 0.6 is 11.8 Å². The monoisotopic (exact) mass is 198 g/mol. The predicted octanol–water partition coefficient (Wildman–Crippen LogP) is 1.28. The smallest absolute Gasteiger partial charge is 0.123 e. The molecule has 0 unspecified atom stereocenters. The SMILES string of the molecule is Nc1cccc(CSCCCO)n1. The summed E-state index contributed by atoms with van der Waals surface area (Å²) in [6.07, 6.45) is 0.840. The van der Waals surface area contributed by atoms with Crippen molar-refractivity contribution < 1.29 is 5.11 Å². The summed E-state index contributed by atoms with van der Waals surface area (Å²) in [4.78, 5) is 4.17. The Labute approximate surface area is 82.4 Å². The van der Waals surface area contributed by atoms with E-state index in [1.54, 1.807) is 17.8 Å². The van der Waals surface area contributed by atoms with Gasteiger partial charge >= 0.3 is 0 Å². The van der Waals surface area contributed by atoms with Crippen molar-refractivity contribution in [2.24, 2.45) is 0 Å². The van der Waals surface area contributed by atoms with Gasteiger partial charge in [0.15, 0.2) is 0 Å². The number of hydrogen-bond acceptors (Lipinski definition) is 4. The van der Waals surface area contributed by atoms with Crippen LogP contribution in [0, 0.1) is 0 Å². The van der Waals surface area contributed by atoms with Crippen LogP contribution in [0.4, 0.5) is 5.82 Å². The molecule has 1 heterocycles. The van der Waals surface area contributed by atoms with Crippen LogP contribution in [0.2, 0.25) is 0 Å². The van der Waals surface area contributed by atoms with Crippen LogP contribution in [0.3, 0.4) is 0 Å². The van der Waals surface area contributed by atoms with Crippen LogP contribution in [0.25, 0.3) is 0 Å². The zero-order valence-electron chi connectivity index (χ0n) is 7.44. The number of aliphatic hydroxyl groups excluding tert-OH is 1. The Morgan fingerprint density at radius 2 is 2.31 bits per heavy atom. The van der Waals surface area contributed by atoms with E-state index >= 15 is 0 Å². The van der Waals surface area contributed by atoms with Gasteiger partial charge in [-0.15, -0.1) is 0 Å². The second kappa shape index (κ2) is 5.83. The third kappa shape index (κ3) is 4.15. The van der Waals surface area contributed by atoms with Crippen molar-refractivity contribution in [1.29, 1.82) is 0 Å². The van der Waals surface area contributed by atoms with Crippen LogP contribution in [-0.4, -0.2) is 22.5 Å². The van der Waals surface area contributed by atoms with Gasteiger partial charge < -0.3 is 10.8 Å². The first kappa shape index (κ1) is 10.3.